The fraction of sp³-hybridized carbons (Fsp3) is 0.462. The minimum Gasteiger partial charge on any atom is -0.431 e. The highest BCUT2D eigenvalue weighted by molar-refractivity contribution is 7.99. The Morgan fingerprint density at radius 2 is 2.30 bits per heavy atom. The van der Waals surface area contributed by atoms with Crippen molar-refractivity contribution < 1.29 is 12.8 Å². The number of aromatic nitrogens is 1. The van der Waals surface area contributed by atoms with Crippen LogP contribution in [0.3, 0.4) is 0 Å². The number of hydrogen-bond acceptors (Lipinski definition) is 5. The van der Waals surface area contributed by atoms with Gasteiger partial charge in [0.05, 0.1) is 11.5 Å². The van der Waals surface area contributed by atoms with Crippen molar-refractivity contribution in [3.8, 4) is 0 Å². The second kappa shape index (κ2) is 5.58. The summed E-state index contributed by atoms with van der Waals surface area (Å²) in [5.74, 6) is 1.53. The molecule has 0 aliphatic carbocycles. The van der Waals surface area contributed by atoms with Gasteiger partial charge in [-0.15, -0.1) is 0 Å². The van der Waals surface area contributed by atoms with Crippen LogP contribution < -0.4 is 0 Å². The monoisotopic (exact) mass is 331 g/mol. The molecule has 7 heteroatoms. The largest absolute Gasteiger partial charge is 0.431 e. The number of rotatable bonds is 3. The molecule has 2 aromatic rings. The average Bonchev–Trinajstić information content (AvgIpc) is 2.77. The normalized spacial score (nSPS) is 22.1. The number of sulfone groups is 1. The van der Waals surface area contributed by atoms with E-state index in [-0.39, 0.29) is 11.7 Å². The lowest BCUT2D eigenvalue weighted by molar-refractivity contribution is 0.484. The van der Waals surface area contributed by atoms with Crippen LogP contribution >= 0.6 is 23.4 Å². The molecular weight excluding hydrogens is 318 g/mol. The molecule has 0 unspecified atom stereocenters. The molecule has 1 atom stereocenters. The summed E-state index contributed by atoms with van der Waals surface area (Å²) in [6.07, 6.45) is 1.72. The number of nitrogens with zero attached hydrogens (tertiary/aromatic N) is 1. The van der Waals surface area contributed by atoms with E-state index in [4.69, 9.17) is 16.0 Å². The van der Waals surface area contributed by atoms with E-state index >= 15 is 0 Å². The van der Waals surface area contributed by atoms with E-state index in [1.54, 1.807) is 12.1 Å². The van der Waals surface area contributed by atoms with Crippen LogP contribution in [0.15, 0.2) is 27.8 Å². The SMILES string of the molecule is O=S1(=O)CCC[C@@H](CSc2nc3ccc(Cl)cc3o2)C1. The summed E-state index contributed by atoms with van der Waals surface area (Å²) in [5.41, 5.74) is 1.43. The predicted octanol–water partition coefficient (Wildman–Crippen LogP) is 3.40. The van der Waals surface area contributed by atoms with Gasteiger partial charge in [0.25, 0.3) is 5.22 Å². The zero-order chi connectivity index (χ0) is 14.2. The van der Waals surface area contributed by atoms with Gasteiger partial charge in [-0.05, 0) is 30.9 Å². The maximum absolute atomic E-state index is 11.6. The van der Waals surface area contributed by atoms with E-state index in [2.05, 4.69) is 4.98 Å². The molecule has 0 radical (unpaired) electrons. The van der Waals surface area contributed by atoms with Crippen LogP contribution in [0.25, 0.3) is 11.1 Å². The fourth-order valence-electron chi connectivity index (χ4n) is 2.38. The first-order chi connectivity index (χ1) is 9.52. The Morgan fingerprint density at radius 3 is 3.10 bits per heavy atom. The van der Waals surface area contributed by atoms with E-state index in [0.29, 0.717) is 21.6 Å². The number of hydrogen-bond donors (Lipinski definition) is 0. The van der Waals surface area contributed by atoms with Gasteiger partial charge in [-0.2, -0.15) is 0 Å². The van der Waals surface area contributed by atoms with Crippen LogP contribution in [0.4, 0.5) is 0 Å². The standard InChI is InChI=1S/C13H14ClNO3S2/c14-10-3-4-11-12(6-10)18-13(15-11)19-7-9-2-1-5-20(16,17)8-9/h3-4,6,9H,1-2,5,7-8H2/t9-/m0/s1. The number of fused-ring (bicyclic) bond motifs is 1. The predicted molar refractivity (Wildman–Crippen MR) is 81.1 cm³/mol. The summed E-state index contributed by atoms with van der Waals surface area (Å²) in [5, 5.41) is 1.19. The van der Waals surface area contributed by atoms with Crippen molar-refractivity contribution in [1.29, 1.82) is 0 Å². The third-order valence-electron chi connectivity index (χ3n) is 3.33. The smallest absolute Gasteiger partial charge is 0.256 e. The van der Waals surface area contributed by atoms with E-state index in [0.717, 1.165) is 24.1 Å². The van der Waals surface area contributed by atoms with Crippen LogP contribution in [0, 0.1) is 5.92 Å². The van der Waals surface area contributed by atoms with E-state index in [1.165, 1.54) is 11.8 Å². The van der Waals surface area contributed by atoms with Crippen molar-refractivity contribution in [2.45, 2.75) is 18.1 Å². The Morgan fingerprint density at radius 1 is 1.45 bits per heavy atom. The highest BCUT2D eigenvalue weighted by Crippen LogP contribution is 2.29. The first kappa shape index (κ1) is 14.2. The van der Waals surface area contributed by atoms with Gasteiger partial charge in [0, 0.05) is 16.8 Å². The zero-order valence-electron chi connectivity index (χ0n) is 10.7. The summed E-state index contributed by atoms with van der Waals surface area (Å²) in [6, 6.07) is 5.32. The third-order valence-corrected chi connectivity index (χ3v) is 6.52. The summed E-state index contributed by atoms with van der Waals surface area (Å²) >= 11 is 7.37. The molecule has 1 aliphatic heterocycles. The molecule has 20 heavy (non-hydrogen) atoms. The summed E-state index contributed by atoms with van der Waals surface area (Å²) in [6.45, 7) is 0. The molecule has 0 saturated carbocycles. The highest BCUT2D eigenvalue weighted by Gasteiger charge is 2.25. The Kier molecular flexibility index (Phi) is 3.97. The van der Waals surface area contributed by atoms with Gasteiger partial charge in [-0.3, -0.25) is 0 Å². The van der Waals surface area contributed by atoms with Crippen LogP contribution in [0.1, 0.15) is 12.8 Å². The number of benzene rings is 1. The Bertz CT molecular complexity index is 726. The molecule has 108 valence electrons. The Balaban J connectivity index is 1.67. The van der Waals surface area contributed by atoms with Crippen LogP contribution in [0.5, 0.6) is 0 Å². The molecule has 4 nitrogen and oxygen atoms in total. The van der Waals surface area contributed by atoms with Gasteiger partial charge < -0.3 is 4.42 Å². The van der Waals surface area contributed by atoms with E-state index in [1.807, 2.05) is 6.07 Å². The zero-order valence-corrected chi connectivity index (χ0v) is 13.1. The molecule has 2 heterocycles. The Labute approximate surface area is 126 Å². The molecule has 0 spiro atoms. The lowest BCUT2D eigenvalue weighted by Crippen LogP contribution is -2.26. The number of halogens is 1. The van der Waals surface area contributed by atoms with Crippen LogP contribution in [0.2, 0.25) is 5.02 Å². The van der Waals surface area contributed by atoms with Crippen molar-refractivity contribution in [1.82, 2.24) is 4.98 Å². The Hall–Kier alpha value is -0.720. The van der Waals surface area contributed by atoms with Crippen LogP contribution in [-0.2, 0) is 9.84 Å². The van der Waals surface area contributed by atoms with E-state index in [9.17, 15) is 8.42 Å². The van der Waals surface area contributed by atoms with E-state index < -0.39 is 9.84 Å². The van der Waals surface area contributed by atoms with Gasteiger partial charge >= 0.3 is 0 Å². The molecule has 1 aromatic heterocycles. The van der Waals surface area contributed by atoms with Crippen LogP contribution in [-0.4, -0.2) is 30.7 Å². The van der Waals surface area contributed by atoms with Crippen molar-refractivity contribution >= 4 is 44.3 Å². The van der Waals surface area contributed by atoms with Crippen molar-refractivity contribution in [2.75, 3.05) is 17.3 Å². The maximum atomic E-state index is 11.6. The number of thioether (sulfide) groups is 1. The molecule has 1 aliphatic rings. The first-order valence-corrected chi connectivity index (χ1v) is 9.60. The second-order valence-corrected chi connectivity index (χ2v) is 8.66. The molecular formula is C13H14ClNO3S2. The first-order valence-electron chi connectivity index (χ1n) is 6.41. The minimum absolute atomic E-state index is 0.192. The lowest BCUT2D eigenvalue weighted by atomic mass is 10.1. The van der Waals surface area contributed by atoms with Gasteiger partial charge in [-0.25, -0.2) is 13.4 Å². The summed E-state index contributed by atoms with van der Waals surface area (Å²) in [7, 11) is -2.85. The molecule has 1 saturated heterocycles. The van der Waals surface area contributed by atoms with Crippen molar-refractivity contribution in [2.24, 2.45) is 5.92 Å². The number of oxazole rings is 1. The summed E-state index contributed by atoms with van der Waals surface area (Å²) < 4.78 is 28.8. The molecule has 3 rings (SSSR count). The molecule has 1 aromatic carbocycles. The highest BCUT2D eigenvalue weighted by atomic mass is 35.5. The summed E-state index contributed by atoms with van der Waals surface area (Å²) in [4.78, 5) is 4.36. The van der Waals surface area contributed by atoms with Gasteiger partial charge in [0.2, 0.25) is 0 Å². The fourth-order valence-corrected chi connectivity index (χ4v) is 5.44. The third kappa shape index (κ3) is 3.30. The van der Waals surface area contributed by atoms with Gasteiger partial charge in [0.1, 0.15) is 5.52 Å². The average molecular weight is 332 g/mol. The lowest BCUT2D eigenvalue weighted by Gasteiger charge is -2.20. The quantitative estimate of drug-likeness (QED) is 0.807. The van der Waals surface area contributed by atoms with Gasteiger partial charge in [-0.1, -0.05) is 23.4 Å². The molecule has 0 N–H and O–H groups in total. The maximum Gasteiger partial charge on any atom is 0.256 e. The molecule has 0 amide bonds. The molecule has 0 bridgehead atoms. The van der Waals surface area contributed by atoms with Crippen molar-refractivity contribution in [3.63, 3.8) is 0 Å². The second-order valence-electron chi connectivity index (χ2n) is 5.03. The topological polar surface area (TPSA) is 60.2 Å². The van der Waals surface area contributed by atoms with Gasteiger partial charge in [0.15, 0.2) is 15.4 Å². The van der Waals surface area contributed by atoms with Crippen molar-refractivity contribution in [3.05, 3.63) is 23.2 Å². The molecule has 1 fully saturated rings. The minimum atomic E-state index is -2.85.